The molecule has 7 heteroatoms. The summed E-state index contributed by atoms with van der Waals surface area (Å²) >= 11 is 0. The third kappa shape index (κ3) is 6.28. The number of aliphatic hydroxyl groups excluding tert-OH is 1. The second-order valence-corrected chi connectivity index (χ2v) is 9.33. The van der Waals surface area contributed by atoms with E-state index in [1.54, 1.807) is 23.4 Å². The van der Waals surface area contributed by atoms with Crippen molar-refractivity contribution in [2.45, 2.75) is 32.5 Å². The molecular formula is C29H32N4O3. The number of likely N-dealkylation sites (N-methyl/N-ethyl adjacent to an activating group) is 1. The van der Waals surface area contributed by atoms with Crippen molar-refractivity contribution >= 4 is 5.91 Å². The van der Waals surface area contributed by atoms with E-state index >= 15 is 0 Å². The number of pyridine rings is 2. The van der Waals surface area contributed by atoms with Gasteiger partial charge in [-0.3, -0.25) is 14.7 Å². The molecule has 1 aliphatic heterocycles. The van der Waals surface area contributed by atoms with Gasteiger partial charge >= 0.3 is 0 Å². The highest BCUT2D eigenvalue weighted by molar-refractivity contribution is 5.97. The number of aromatic nitrogens is 2. The van der Waals surface area contributed by atoms with Crippen molar-refractivity contribution in [3.63, 3.8) is 0 Å². The van der Waals surface area contributed by atoms with Crippen LogP contribution in [0.25, 0.3) is 0 Å². The van der Waals surface area contributed by atoms with Crippen molar-refractivity contribution in [3.8, 4) is 17.7 Å². The number of benzene rings is 1. The van der Waals surface area contributed by atoms with Crippen molar-refractivity contribution in [2.24, 2.45) is 5.92 Å². The second-order valence-electron chi connectivity index (χ2n) is 9.33. The Bertz CT molecular complexity index is 1220. The van der Waals surface area contributed by atoms with Crippen LogP contribution in [0.2, 0.25) is 0 Å². The molecule has 3 heterocycles. The van der Waals surface area contributed by atoms with Gasteiger partial charge in [-0.2, -0.15) is 0 Å². The Hall–Kier alpha value is -3.73. The Balaban J connectivity index is 1.63. The predicted molar refractivity (Wildman–Crippen MR) is 138 cm³/mol. The fraction of sp³-hybridized carbons (Fsp3) is 0.345. The van der Waals surface area contributed by atoms with Crippen LogP contribution >= 0.6 is 0 Å². The summed E-state index contributed by atoms with van der Waals surface area (Å²) < 4.78 is 6.38. The van der Waals surface area contributed by atoms with E-state index in [0.717, 1.165) is 11.3 Å². The van der Waals surface area contributed by atoms with Gasteiger partial charge in [0.15, 0.2) is 0 Å². The van der Waals surface area contributed by atoms with Crippen molar-refractivity contribution in [1.82, 2.24) is 19.8 Å². The van der Waals surface area contributed by atoms with Crippen LogP contribution in [0.1, 0.15) is 41.0 Å². The van der Waals surface area contributed by atoms with Gasteiger partial charge in [0.25, 0.3) is 5.91 Å². The summed E-state index contributed by atoms with van der Waals surface area (Å²) in [5.74, 6) is 6.31. The normalized spacial score (nSPS) is 18.4. The zero-order valence-electron chi connectivity index (χ0n) is 21.0. The number of aliphatic hydroxyl groups is 1. The Morgan fingerprint density at radius 3 is 2.61 bits per heavy atom. The topological polar surface area (TPSA) is 78.8 Å². The van der Waals surface area contributed by atoms with Crippen LogP contribution < -0.4 is 4.74 Å². The summed E-state index contributed by atoms with van der Waals surface area (Å²) in [6.07, 6.45) is 3.21. The second kappa shape index (κ2) is 11.8. The number of carbonyl (C=O) groups is 1. The van der Waals surface area contributed by atoms with Gasteiger partial charge in [-0.1, -0.05) is 43.0 Å². The number of carbonyl (C=O) groups excluding carboxylic acids is 1. The number of rotatable bonds is 6. The van der Waals surface area contributed by atoms with E-state index in [9.17, 15) is 9.90 Å². The van der Waals surface area contributed by atoms with Crippen molar-refractivity contribution in [2.75, 3.05) is 26.7 Å². The Morgan fingerprint density at radius 2 is 1.89 bits per heavy atom. The molecule has 1 aromatic carbocycles. The van der Waals surface area contributed by atoms with Crippen LogP contribution in [-0.2, 0) is 6.54 Å². The van der Waals surface area contributed by atoms with Crippen molar-refractivity contribution in [1.29, 1.82) is 0 Å². The molecule has 36 heavy (non-hydrogen) atoms. The lowest BCUT2D eigenvalue weighted by molar-refractivity contribution is 0.0324. The molecule has 4 rings (SSSR count). The molecular weight excluding hydrogens is 452 g/mol. The number of hydrogen-bond acceptors (Lipinski definition) is 6. The number of amides is 1. The molecule has 1 amide bonds. The minimum atomic E-state index is -0.336. The van der Waals surface area contributed by atoms with Crippen LogP contribution in [0.5, 0.6) is 5.88 Å². The number of nitrogens with zero attached hydrogens (tertiary/aromatic N) is 4. The monoisotopic (exact) mass is 484 g/mol. The first-order chi connectivity index (χ1) is 17.4. The van der Waals surface area contributed by atoms with E-state index in [-0.39, 0.29) is 30.6 Å². The van der Waals surface area contributed by atoms with Gasteiger partial charge in [-0.15, -0.1) is 0 Å². The van der Waals surface area contributed by atoms with Gasteiger partial charge in [0.1, 0.15) is 11.7 Å². The fourth-order valence-corrected chi connectivity index (χ4v) is 4.19. The first kappa shape index (κ1) is 25.4. The van der Waals surface area contributed by atoms with E-state index in [1.807, 2.05) is 62.5 Å². The summed E-state index contributed by atoms with van der Waals surface area (Å²) in [5.41, 5.74) is 2.85. The molecule has 0 spiro atoms. The largest absolute Gasteiger partial charge is 0.472 e. The first-order valence-electron chi connectivity index (χ1n) is 12.2. The van der Waals surface area contributed by atoms with Gasteiger partial charge in [0.05, 0.1) is 18.3 Å². The Labute approximate surface area is 212 Å². The average molecular weight is 485 g/mol. The SMILES string of the molecule is C[C@@H]1CN([C@H](C)CO)C(=O)c2cc(C#Cc3ccccc3)cnc2O[C@@H]1CN(C)Cc1ccccn1. The number of hydrogen-bond donors (Lipinski definition) is 1. The molecule has 1 aliphatic rings. The third-order valence-electron chi connectivity index (χ3n) is 6.30. The fourth-order valence-electron chi connectivity index (χ4n) is 4.19. The predicted octanol–water partition coefficient (Wildman–Crippen LogP) is 3.23. The molecule has 0 bridgehead atoms. The molecule has 0 aliphatic carbocycles. The van der Waals surface area contributed by atoms with Gasteiger partial charge in [0.2, 0.25) is 5.88 Å². The van der Waals surface area contributed by atoms with Crippen LogP contribution in [-0.4, -0.2) is 69.7 Å². The first-order valence-corrected chi connectivity index (χ1v) is 12.2. The number of ether oxygens (including phenoxy) is 1. The molecule has 3 atom stereocenters. The lowest BCUT2D eigenvalue weighted by Crippen LogP contribution is -2.49. The molecule has 0 fully saturated rings. The van der Waals surface area contributed by atoms with E-state index in [1.165, 1.54) is 0 Å². The molecule has 0 saturated carbocycles. The third-order valence-corrected chi connectivity index (χ3v) is 6.30. The lowest BCUT2D eigenvalue weighted by Gasteiger charge is -2.37. The summed E-state index contributed by atoms with van der Waals surface area (Å²) in [4.78, 5) is 26.4. The zero-order valence-corrected chi connectivity index (χ0v) is 21.0. The molecule has 2 aromatic heterocycles. The molecule has 186 valence electrons. The standard InChI is InChI=1S/C29H32N4O3/c1-21-17-33(22(2)20-34)29(35)26-15-24(13-12-23-9-5-4-6-10-23)16-31-28(26)36-27(21)19-32(3)18-25-11-7-8-14-30-25/h4-11,14-16,21-22,27,34H,17-20H2,1-3H3/t21-,22-,27-/m1/s1. The van der Waals surface area contributed by atoms with E-state index < -0.39 is 0 Å². The maximum atomic E-state index is 13.6. The van der Waals surface area contributed by atoms with Crippen LogP contribution in [0.4, 0.5) is 0 Å². The molecule has 0 unspecified atom stereocenters. The van der Waals surface area contributed by atoms with Crippen molar-refractivity contribution < 1.29 is 14.6 Å². The zero-order chi connectivity index (χ0) is 25.5. The maximum Gasteiger partial charge on any atom is 0.259 e. The smallest absolute Gasteiger partial charge is 0.259 e. The minimum Gasteiger partial charge on any atom is -0.472 e. The summed E-state index contributed by atoms with van der Waals surface area (Å²) in [5, 5.41) is 9.86. The van der Waals surface area contributed by atoms with E-state index in [2.05, 4.69) is 33.6 Å². The van der Waals surface area contributed by atoms with Crippen LogP contribution in [0.3, 0.4) is 0 Å². The number of fused-ring (bicyclic) bond motifs is 1. The molecule has 0 saturated heterocycles. The van der Waals surface area contributed by atoms with Crippen molar-refractivity contribution in [3.05, 3.63) is 89.4 Å². The minimum absolute atomic E-state index is 0.0154. The van der Waals surface area contributed by atoms with Crippen LogP contribution in [0.15, 0.2) is 67.0 Å². The van der Waals surface area contributed by atoms with Gasteiger partial charge in [-0.05, 0) is 44.3 Å². The highest BCUT2D eigenvalue weighted by atomic mass is 16.5. The lowest BCUT2D eigenvalue weighted by atomic mass is 10.00. The molecule has 1 N–H and O–H groups in total. The average Bonchev–Trinajstić information content (AvgIpc) is 2.90. The highest BCUT2D eigenvalue weighted by Crippen LogP contribution is 2.27. The van der Waals surface area contributed by atoms with E-state index in [4.69, 9.17) is 4.74 Å². The Kier molecular flexibility index (Phi) is 8.32. The molecule has 3 aromatic rings. The molecule has 0 radical (unpaired) electrons. The summed E-state index contributed by atoms with van der Waals surface area (Å²) in [6.45, 7) is 5.55. The summed E-state index contributed by atoms with van der Waals surface area (Å²) in [7, 11) is 2.03. The van der Waals surface area contributed by atoms with Gasteiger partial charge < -0.3 is 14.7 Å². The maximum absolute atomic E-state index is 13.6. The van der Waals surface area contributed by atoms with Crippen LogP contribution in [0, 0.1) is 17.8 Å². The summed E-state index contributed by atoms with van der Waals surface area (Å²) in [6, 6.07) is 16.9. The highest BCUT2D eigenvalue weighted by Gasteiger charge is 2.34. The molecule has 7 nitrogen and oxygen atoms in total. The van der Waals surface area contributed by atoms with Gasteiger partial charge in [-0.25, -0.2) is 4.98 Å². The van der Waals surface area contributed by atoms with E-state index in [0.29, 0.717) is 36.6 Å². The van der Waals surface area contributed by atoms with Gasteiger partial charge in [0, 0.05) is 49.1 Å². The quantitative estimate of drug-likeness (QED) is 0.542. The Morgan fingerprint density at radius 1 is 1.14 bits per heavy atom.